The summed E-state index contributed by atoms with van der Waals surface area (Å²) in [5.41, 5.74) is 0. The van der Waals surface area contributed by atoms with Crippen LogP contribution in [0.15, 0.2) is 48.6 Å². The van der Waals surface area contributed by atoms with Crippen molar-refractivity contribution >= 4 is 13.8 Å². The maximum atomic E-state index is 12.8. The molecule has 0 aromatic heterocycles. The van der Waals surface area contributed by atoms with Gasteiger partial charge in [-0.1, -0.05) is 210 Å². The Hall–Kier alpha value is -1.54. The molecular formula is C52H99NO7P+. The third-order valence-corrected chi connectivity index (χ3v) is 11.9. The van der Waals surface area contributed by atoms with Crippen molar-refractivity contribution in [3.05, 3.63) is 48.6 Å². The Morgan fingerprint density at radius 2 is 0.951 bits per heavy atom. The highest BCUT2D eigenvalue weighted by Gasteiger charge is 2.26. The van der Waals surface area contributed by atoms with Crippen LogP contribution in [0, 0.1) is 0 Å². The van der Waals surface area contributed by atoms with Gasteiger partial charge in [0, 0.05) is 13.0 Å². The molecule has 1 N–H and O–H groups in total. The van der Waals surface area contributed by atoms with Crippen molar-refractivity contribution in [2.24, 2.45) is 0 Å². The average molecular weight is 881 g/mol. The van der Waals surface area contributed by atoms with Crippen molar-refractivity contribution in [2.75, 3.05) is 54.1 Å². The molecule has 0 saturated carbocycles. The van der Waals surface area contributed by atoms with Gasteiger partial charge in [0.1, 0.15) is 19.3 Å². The minimum Gasteiger partial charge on any atom is -0.457 e. The average Bonchev–Trinajstić information content (AvgIpc) is 3.22. The molecule has 0 aliphatic carbocycles. The van der Waals surface area contributed by atoms with Crippen LogP contribution >= 0.6 is 7.82 Å². The number of hydrogen-bond acceptors (Lipinski definition) is 6. The standard InChI is InChI=1S/C52H98NO7P/c1-6-8-10-12-14-16-18-20-22-24-25-26-27-28-30-32-34-36-38-40-42-44-47-57-49-51(50-59-61(55,56)58-48-46-53(3,4)5)60-52(54)45-43-41-39-37-35-33-31-29-23-21-19-17-15-13-11-9-7-2/h8,10,14,16,20,22,25-26,51H,6-7,9,11-13,15,17-19,21,23-24,27-50H2,1-5H3/p+1/b10-8-,16-14-,22-20-,26-25-. The first-order valence-electron chi connectivity index (χ1n) is 25.4. The van der Waals surface area contributed by atoms with E-state index in [1.807, 2.05) is 21.1 Å². The summed E-state index contributed by atoms with van der Waals surface area (Å²) in [6.07, 6.45) is 55.8. The van der Waals surface area contributed by atoms with E-state index < -0.39 is 13.9 Å². The van der Waals surface area contributed by atoms with Crippen LogP contribution < -0.4 is 0 Å². The molecule has 0 aliphatic rings. The molecule has 8 nitrogen and oxygen atoms in total. The number of ether oxygens (including phenoxy) is 2. The zero-order valence-corrected chi connectivity index (χ0v) is 41.5. The van der Waals surface area contributed by atoms with Crippen LogP contribution in [0.2, 0.25) is 0 Å². The molecule has 0 amide bonds. The van der Waals surface area contributed by atoms with E-state index in [-0.39, 0.29) is 25.8 Å². The Morgan fingerprint density at radius 1 is 0.525 bits per heavy atom. The van der Waals surface area contributed by atoms with Crippen molar-refractivity contribution in [1.82, 2.24) is 0 Å². The van der Waals surface area contributed by atoms with Crippen molar-refractivity contribution in [3.8, 4) is 0 Å². The second-order valence-electron chi connectivity index (χ2n) is 18.2. The summed E-state index contributed by atoms with van der Waals surface area (Å²) < 4.78 is 35.1. The number of phosphoric ester groups is 1. The SMILES string of the molecule is CC/C=C\C/C=C\C/C=C\C/C=C\CCCCCCCCCCCOCC(COP(=O)(O)OCC[N+](C)(C)C)OC(=O)CCCCCCCCCCCCCCCCCCC. The van der Waals surface area contributed by atoms with Crippen LogP contribution in [0.1, 0.15) is 219 Å². The molecule has 0 radical (unpaired) electrons. The summed E-state index contributed by atoms with van der Waals surface area (Å²) in [6, 6.07) is 0. The molecule has 2 atom stereocenters. The zero-order valence-electron chi connectivity index (χ0n) is 40.7. The number of phosphoric acid groups is 1. The largest absolute Gasteiger partial charge is 0.472 e. The van der Waals surface area contributed by atoms with Gasteiger partial charge in [-0.15, -0.1) is 0 Å². The Kier molecular flexibility index (Phi) is 43.9. The van der Waals surface area contributed by atoms with Crippen molar-refractivity contribution < 1.29 is 37.3 Å². The second-order valence-corrected chi connectivity index (χ2v) is 19.6. The molecule has 358 valence electrons. The highest BCUT2D eigenvalue weighted by Crippen LogP contribution is 2.43. The Balaban J connectivity index is 4.14. The first-order chi connectivity index (χ1) is 29.6. The Morgan fingerprint density at radius 3 is 1.43 bits per heavy atom. The molecule has 0 fully saturated rings. The molecule has 0 saturated heterocycles. The predicted octanol–water partition coefficient (Wildman–Crippen LogP) is 15.5. The summed E-state index contributed by atoms with van der Waals surface area (Å²) in [7, 11) is 1.67. The number of carbonyl (C=O) groups is 1. The van der Waals surface area contributed by atoms with Crippen LogP contribution in [0.3, 0.4) is 0 Å². The lowest BCUT2D eigenvalue weighted by molar-refractivity contribution is -0.870. The number of allylic oxidation sites excluding steroid dienone is 8. The fraction of sp³-hybridized carbons (Fsp3) is 0.827. The van der Waals surface area contributed by atoms with E-state index in [9.17, 15) is 14.3 Å². The van der Waals surface area contributed by atoms with E-state index in [2.05, 4.69) is 62.5 Å². The van der Waals surface area contributed by atoms with Crippen LogP contribution in [-0.2, 0) is 27.9 Å². The van der Waals surface area contributed by atoms with Gasteiger partial charge in [-0.3, -0.25) is 13.8 Å². The van der Waals surface area contributed by atoms with Gasteiger partial charge >= 0.3 is 13.8 Å². The maximum Gasteiger partial charge on any atom is 0.472 e. The smallest absolute Gasteiger partial charge is 0.457 e. The lowest BCUT2D eigenvalue weighted by Gasteiger charge is -2.24. The summed E-state index contributed by atoms with van der Waals surface area (Å²) in [6.45, 7) is 5.53. The van der Waals surface area contributed by atoms with Gasteiger partial charge in [0.05, 0.1) is 34.4 Å². The third-order valence-electron chi connectivity index (χ3n) is 10.9. The van der Waals surface area contributed by atoms with Crippen LogP contribution in [0.5, 0.6) is 0 Å². The number of esters is 1. The Bertz CT molecular complexity index is 1120. The van der Waals surface area contributed by atoms with Crippen LogP contribution in [0.25, 0.3) is 0 Å². The van der Waals surface area contributed by atoms with Gasteiger partial charge < -0.3 is 18.9 Å². The second kappa shape index (κ2) is 45.0. The van der Waals surface area contributed by atoms with E-state index >= 15 is 0 Å². The van der Waals surface area contributed by atoms with Gasteiger partial charge in [-0.05, 0) is 51.4 Å². The lowest BCUT2D eigenvalue weighted by atomic mass is 10.0. The maximum absolute atomic E-state index is 12.8. The highest BCUT2D eigenvalue weighted by atomic mass is 31.2. The molecule has 0 bridgehead atoms. The molecule has 0 rings (SSSR count). The number of quaternary nitrogens is 1. The molecule has 2 unspecified atom stereocenters. The normalized spacial score (nSPS) is 14.0. The molecule has 0 aromatic rings. The van der Waals surface area contributed by atoms with Gasteiger partial charge in [0.15, 0.2) is 0 Å². The summed E-state index contributed by atoms with van der Waals surface area (Å²) in [5, 5.41) is 0. The zero-order chi connectivity index (χ0) is 44.8. The number of likely N-dealkylation sites (N-methyl/N-ethyl adjacent to an activating group) is 1. The quantitative estimate of drug-likeness (QED) is 0.0214. The number of rotatable bonds is 47. The van der Waals surface area contributed by atoms with Gasteiger partial charge in [0.2, 0.25) is 0 Å². The van der Waals surface area contributed by atoms with Crippen molar-refractivity contribution in [1.29, 1.82) is 0 Å². The Labute approximate surface area is 378 Å². The monoisotopic (exact) mass is 881 g/mol. The lowest BCUT2D eigenvalue weighted by Crippen LogP contribution is -2.37. The first kappa shape index (κ1) is 59.5. The van der Waals surface area contributed by atoms with E-state index in [0.29, 0.717) is 24.1 Å². The van der Waals surface area contributed by atoms with E-state index in [0.717, 1.165) is 57.8 Å². The summed E-state index contributed by atoms with van der Waals surface area (Å²) >= 11 is 0. The molecular weight excluding hydrogens is 782 g/mol. The fourth-order valence-corrected chi connectivity index (χ4v) is 7.76. The van der Waals surface area contributed by atoms with Crippen LogP contribution in [-0.4, -0.2) is 75.6 Å². The number of hydrogen-bond donors (Lipinski definition) is 1. The van der Waals surface area contributed by atoms with Gasteiger partial charge in [0.25, 0.3) is 0 Å². The van der Waals surface area contributed by atoms with E-state index in [1.165, 1.54) is 141 Å². The molecule has 0 spiro atoms. The fourth-order valence-electron chi connectivity index (χ4n) is 7.02. The molecule has 0 aliphatic heterocycles. The van der Waals surface area contributed by atoms with Crippen molar-refractivity contribution in [2.45, 2.75) is 225 Å². The van der Waals surface area contributed by atoms with Crippen molar-refractivity contribution in [3.63, 3.8) is 0 Å². The number of unbranched alkanes of at least 4 members (excludes halogenated alkanes) is 25. The summed E-state index contributed by atoms with van der Waals surface area (Å²) in [4.78, 5) is 23.0. The first-order valence-corrected chi connectivity index (χ1v) is 26.9. The molecule has 0 aromatic carbocycles. The van der Waals surface area contributed by atoms with Gasteiger partial charge in [-0.2, -0.15) is 0 Å². The molecule has 9 heteroatoms. The van der Waals surface area contributed by atoms with E-state index in [4.69, 9.17) is 18.5 Å². The summed E-state index contributed by atoms with van der Waals surface area (Å²) in [5.74, 6) is -0.313. The molecule has 61 heavy (non-hydrogen) atoms. The van der Waals surface area contributed by atoms with E-state index in [1.54, 1.807) is 0 Å². The predicted molar refractivity (Wildman–Crippen MR) is 261 cm³/mol. The topological polar surface area (TPSA) is 91.3 Å². The highest BCUT2D eigenvalue weighted by molar-refractivity contribution is 7.47. The minimum absolute atomic E-state index is 0.0875. The minimum atomic E-state index is -4.28. The third kappa shape index (κ3) is 49.3. The number of carbonyl (C=O) groups excluding carboxylic acids is 1. The number of nitrogens with zero attached hydrogens (tertiary/aromatic N) is 1. The molecule has 0 heterocycles. The van der Waals surface area contributed by atoms with Gasteiger partial charge in [-0.25, -0.2) is 4.57 Å². The van der Waals surface area contributed by atoms with Crippen LogP contribution in [0.4, 0.5) is 0 Å².